The van der Waals surface area contributed by atoms with Gasteiger partial charge in [-0.15, -0.1) is 11.3 Å². The molecule has 13 rings (SSSR count). The largest absolute Gasteiger partial charge is 0.400 e. The molecule has 0 N–H and O–H groups in total. The van der Waals surface area contributed by atoms with E-state index in [1.165, 1.54) is 137 Å². The van der Waals surface area contributed by atoms with Crippen molar-refractivity contribution in [1.29, 1.82) is 0 Å². The van der Waals surface area contributed by atoms with Gasteiger partial charge in [-0.25, -0.2) is 0 Å². The summed E-state index contributed by atoms with van der Waals surface area (Å²) in [6.45, 7) is 29.6. The first-order valence-electron chi connectivity index (χ1n) is 25.8. The summed E-state index contributed by atoms with van der Waals surface area (Å²) in [6, 6.07) is 46.1. The van der Waals surface area contributed by atoms with Crippen LogP contribution in [0.1, 0.15) is 149 Å². The Hall–Kier alpha value is -5.32. The molecule has 0 saturated heterocycles. The fraction of sp³-hybridized carbons (Fsp3) is 0.375. The predicted octanol–water partition coefficient (Wildman–Crippen LogP) is 16.8. The van der Waals surface area contributed by atoms with Gasteiger partial charge in [-0.3, -0.25) is 0 Å². The molecule has 7 aromatic carbocycles. The Bertz CT molecular complexity index is 3490. The zero-order valence-corrected chi connectivity index (χ0v) is 43.4. The monoisotopic (exact) mass is 907 g/mol. The molecule has 2 nitrogen and oxygen atoms in total. The van der Waals surface area contributed by atoms with Crippen molar-refractivity contribution >= 4 is 82.8 Å². The van der Waals surface area contributed by atoms with E-state index in [0.29, 0.717) is 0 Å². The smallest absolute Gasteiger partial charge is 0.330 e. The van der Waals surface area contributed by atoms with Crippen molar-refractivity contribution in [3.05, 3.63) is 143 Å². The van der Waals surface area contributed by atoms with E-state index in [0.717, 1.165) is 0 Å². The summed E-state index contributed by atoms with van der Waals surface area (Å²) in [5, 5.41) is 5.50. The third-order valence-corrected chi connectivity index (χ3v) is 19.8. The average Bonchev–Trinajstić information content (AvgIpc) is 3.77. The third kappa shape index (κ3) is 5.59. The van der Waals surface area contributed by atoms with Crippen molar-refractivity contribution in [3.8, 4) is 22.3 Å². The van der Waals surface area contributed by atoms with E-state index in [1.807, 2.05) is 0 Å². The first kappa shape index (κ1) is 42.8. The van der Waals surface area contributed by atoms with Crippen LogP contribution in [0.3, 0.4) is 0 Å². The SMILES string of the molecule is CC(C)(C)c1ccc(N2c3cc4ccccc4c4c3B(c3c2ccc2c3sc3cc5c(cc32)C(C)(C)CCC5(C)C)N2c3c-4cc(C(C)(C)C)cc3C3(C)CCCCC23C)c(-c2ccccc2)c1. The Balaban J connectivity index is 1.22. The highest BCUT2D eigenvalue weighted by Crippen LogP contribution is 2.64. The molecular formula is C64H67BN2S. The molecule has 4 heterocycles. The molecule has 1 fully saturated rings. The number of thiophene rings is 1. The molecule has 0 bridgehead atoms. The minimum atomic E-state index is -0.0842. The van der Waals surface area contributed by atoms with E-state index in [1.54, 1.807) is 16.7 Å². The van der Waals surface area contributed by atoms with Crippen molar-refractivity contribution in [3.63, 3.8) is 0 Å². The van der Waals surface area contributed by atoms with Gasteiger partial charge in [0, 0.05) is 59.3 Å². The molecule has 3 aliphatic heterocycles. The van der Waals surface area contributed by atoms with E-state index in [2.05, 4.69) is 219 Å². The molecule has 0 radical (unpaired) electrons. The van der Waals surface area contributed by atoms with Crippen molar-refractivity contribution in [1.82, 2.24) is 0 Å². The number of anilines is 4. The minimum Gasteiger partial charge on any atom is -0.400 e. The molecule has 68 heavy (non-hydrogen) atoms. The molecule has 5 aliphatic rings. The van der Waals surface area contributed by atoms with Gasteiger partial charge < -0.3 is 9.71 Å². The Morgan fingerprint density at radius 1 is 0.529 bits per heavy atom. The molecule has 4 heteroatoms. The van der Waals surface area contributed by atoms with Crippen molar-refractivity contribution in [2.45, 2.75) is 154 Å². The second kappa shape index (κ2) is 13.7. The summed E-state index contributed by atoms with van der Waals surface area (Å²) in [4.78, 5) is 5.78. The van der Waals surface area contributed by atoms with Crippen LogP contribution in [-0.2, 0) is 27.1 Å². The lowest BCUT2D eigenvalue weighted by molar-refractivity contribution is 0.199. The molecule has 342 valence electrons. The maximum absolute atomic E-state index is 3.06. The van der Waals surface area contributed by atoms with Crippen LogP contribution in [0.2, 0.25) is 0 Å². The Morgan fingerprint density at radius 2 is 1.19 bits per heavy atom. The zero-order chi connectivity index (χ0) is 47.2. The van der Waals surface area contributed by atoms with Crippen LogP contribution in [-0.4, -0.2) is 12.4 Å². The Morgan fingerprint density at radius 3 is 1.93 bits per heavy atom. The fourth-order valence-corrected chi connectivity index (χ4v) is 15.5. The summed E-state index contributed by atoms with van der Waals surface area (Å²) in [5.41, 5.74) is 21.4. The topological polar surface area (TPSA) is 6.48 Å². The van der Waals surface area contributed by atoms with Gasteiger partial charge in [0.15, 0.2) is 0 Å². The Kier molecular flexibility index (Phi) is 8.63. The summed E-state index contributed by atoms with van der Waals surface area (Å²) < 4.78 is 2.88. The van der Waals surface area contributed by atoms with Crippen LogP contribution in [0, 0.1) is 0 Å². The first-order valence-corrected chi connectivity index (χ1v) is 26.6. The van der Waals surface area contributed by atoms with Crippen molar-refractivity contribution < 1.29 is 0 Å². The molecule has 0 spiro atoms. The van der Waals surface area contributed by atoms with Gasteiger partial charge in [0.1, 0.15) is 0 Å². The van der Waals surface area contributed by atoms with Crippen LogP contribution in [0.25, 0.3) is 53.2 Å². The van der Waals surface area contributed by atoms with Gasteiger partial charge in [0.25, 0.3) is 0 Å². The highest BCUT2D eigenvalue weighted by molar-refractivity contribution is 7.27. The standard InChI is InChI=1S/C64H67BN2S/c1-59(2,3)40-24-26-50(44(33-40)38-20-14-13-15-21-38)66-51-27-25-43-45-36-47-48(62(9,10)31-30-61(47,7)8)37-53(45)68-58(43)56(51)65-55-52(66)32-39-22-16-17-23-42(39)54(55)46-34-41(60(4,5)6)35-49-57(46)67(65)64(12)29-19-18-28-63(49,64)11/h13-17,20-27,32-37H,18-19,28-31H2,1-12H3. The lowest BCUT2D eigenvalue weighted by Crippen LogP contribution is -2.70. The van der Waals surface area contributed by atoms with E-state index in [9.17, 15) is 0 Å². The fourth-order valence-electron chi connectivity index (χ4n) is 14.2. The number of hydrogen-bond acceptors (Lipinski definition) is 3. The lowest BCUT2D eigenvalue weighted by Gasteiger charge is -2.55. The van der Waals surface area contributed by atoms with Gasteiger partial charge >= 0.3 is 6.85 Å². The molecule has 2 atom stereocenters. The normalized spacial score (nSPS) is 22.0. The number of fused-ring (bicyclic) bond motifs is 14. The molecule has 1 aromatic heterocycles. The third-order valence-electron chi connectivity index (χ3n) is 18.6. The van der Waals surface area contributed by atoms with Gasteiger partial charge in [0.05, 0.1) is 5.69 Å². The number of nitrogens with zero attached hydrogens (tertiary/aromatic N) is 2. The predicted molar refractivity (Wildman–Crippen MR) is 297 cm³/mol. The van der Waals surface area contributed by atoms with Crippen LogP contribution in [0.5, 0.6) is 0 Å². The first-order chi connectivity index (χ1) is 32.2. The summed E-state index contributed by atoms with van der Waals surface area (Å²) >= 11 is 2.07. The number of rotatable bonds is 2. The summed E-state index contributed by atoms with van der Waals surface area (Å²) in [6.07, 6.45) is 7.35. The highest BCUT2D eigenvalue weighted by atomic mass is 32.1. The van der Waals surface area contributed by atoms with Crippen molar-refractivity contribution in [2.24, 2.45) is 0 Å². The second-order valence-electron chi connectivity index (χ2n) is 25.5. The van der Waals surface area contributed by atoms with Gasteiger partial charge in [-0.2, -0.15) is 0 Å². The van der Waals surface area contributed by atoms with Gasteiger partial charge in [-0.05, 0) is 157 Å². The molecule has 0 amide bonds. The van der Waals surface area contributed by atoms with E-state index in [-0.39, 0.29) is 39.5 Å². The molecule has 8 aromatic rings. The second-order valence-corrected chi connectivity index (χ2v) is 26.5. The minimum absolute atomic E-state index is 0.000550. The van der Waals surface area contributed by atoms with E-state index in [4.69, 9.17) is 0 Å². The lowest BCUT2D eigenvalue weighted by atomic mass is 9.41. The summed E-state index contributed by atoms with van der Waals surface area (Å²) in [7, 11) is 0. The van der Waals surface area contributed by atoms with E-state index >= 15 is 0 Å². The van der Waals surface area contributed by atoms with Crippen LogP contribution >= 0.6 is 11.3 Å². The summed E-state index contributed by atoms with van der Waals surface area (Å²) in [5.74, 6) is 0. The molecule has 2 unspecified atom stereocenters. The zero-order valence-electron chi connectivity index (χ0n) is 42.6. The maximum atomic E-state index is 3.06. The molecule has 2 aliphatic carbocycles. The molecule has 1 saturated carbocycles. The Labute approximate surface area is 409 Å². The van der Waals surface area contributed by atoms with Crippen LogP contribution in [0.15, 0.2) is 115 Å². The van der Waals surface area contributed by atoms with Gasteiger partial charge in [0.2, 0.25) is 0 Å². The van der Waals surface area contributed by atoms with Crippen molar-refractivity contribution in [2.75, 3.05) is 9.71 Å². The van der Waals surface area contributed by atoms with Crippen LogP contribution in [0.4, 0.5) is 22.7 Å². The maximum Gasteiger partial charge on any atom is 0.330 e. The number of benzene rings is 7. The highest BCUT2D eigenvalue weighted by Gasteiger charge is 2.63. The van der Waals surface area contributed by atoms with Crippen LogP contribution < -0.4 is 20.6 Å². The quantitative estimate of drug-likeness (QED) is 0.160. The van der Waals surface area contributed by atoms with E-state index < -0.39 is 0 Å². The van der Waals surface area contributed by atoms with Gasteiger partial charge in [-0.1, -0.05) is 162 Å². The number of hydrogen-bond donors (Lipinski definition) is 0. The molecular weight excluding hydrogens is 840 g/mol. The average molecular weight is 907 g/mol.